The van der Waals surface area contributed by atoms with Crippen molar-refractivity contribution >= 4 is 11.7 Å². The topological polar surface area (TPSA) is 125 Å². The number of hydroxylamine groups is 1. The van der Waals surface area contributed by atoms with Crippen molar-refractivity contribution in [1.29, 1.82) is 5.41 Å². The number of carbonyl (C=O) groups is 1. The van der Waals surface area contributed by atoms with E-state index in [0.717, 1.165) is 11.1 Å². The fraction of sp³-hybridized carbons (Fsp3) is 0.200. The molecule has 150 valence electrons. The van der Waals surface area contributed by atoms with Gasteiger partial charge in [-0.3, -0.25) is 20.9 Å². The van der Waals surface area contributed by atoms with Gasteiger partial charge in [-0.2, -0.15) is 0 Å². The van der Waals surface area contributed by atoms with Gasteiger partial charge in [0.1, 0.15) is 12.2 Å². The Morgan fingerprint density at radius 1 is 1.21 bits per heavy atom. The smallest absolute Gasteiger partial charge is 0.272 e. The molecule has 0 saturated heterocycles. The van der Waals surface area contributed by atoms with Crippen molar-refractivity contribution in [3.05, 3.63) is 72.1 Å². The fourth-order valence-electron chi connectivity index (χ4n) is 2.67. The van der Waals surface area contributed by atoms with Crippen LogP contribution in [0.2, 0.25) is 0 Å². The van der Waals surface area contributed by atoms with Gasteiger partial charge in [0.2, 0.25) is 6.23 Å². The van der Waals surface area contributed by atoms with Gasteiger partial charge in [0.25, 0.3) is 5.91 Å². The molecule has 0 radical (unpaired) electrons. The Kier molecular flexibility index (Phi) is 6.67. The molecule has 3 aromatic rings. The molecule has 9 nitrogen and oxygen atoms in total. The largest absolute Gasteiger partial charge is 0.348 e. The van der Waals surface area contributed by atoms with Crippen LogP contribution in [0.25, 0.3) is 11.4 Å². The fourth-order valence-corrected chi connectivity index (χ4v) is 2.67. The zero-order valence-electron chi connectivity index (χ0n) is 15.9. The van der Waals surface area contributed by atoms with Gasteiger partial charge in [-0.1, -0.05) is 54.6 Å². The molecule has 0 spiro atoms. The van der Waals surface area contributed by atoms with E-state index in [-0.39, 0.29) is 18.3 Å². The molecule has 0 aliphatic carbocycles. The zero-order chi connectivity index (χ0) is 20.6. The van der Waals surface area contributed by atoms with Crippen molar-refractivity contribution in [2.75, 3.05) is 6.61 Å². The van der Waals surface area contributed by atoms with Crippen LogP contribution in [-0.2, 0) is 16.1 Å². The predicted molar refractivity (Wildman–Crippen MR) is 106 cm³/mol. The molecule has 0 bridgehead atoms. The number of rotatable bonds is 8. The third kappa shape index (κ3) is 5.03. The molecule has 3 rings (SSSR count). The van der Waals surface area contributed by atoms with Gasteiger partial charge in [0, 0.05) is 24.3 Å². The summed E-state index contributed by atoms with van der Waals surface area (Å²) in [4.78, 5) is 16.9. The molecule has 9 heteroatoms. The molecule has 1 amide bonds. The van der Waals surface area contributed by atoms with Gasteiger partial charge in [0.15, 0.2) is 5.82 Å². The van der Waals surface area contributed by atoms with E-state index in [1.807, 2.05) is 30.3 Å². The molecular formula is C20H22N6O3. The lowest BCUT2D eigenvalue weighted by molar-refractivity contribution is -0.139. The quantitative estimate of drug-likeness (QED) is 0.263. The number of nitrogens with one attached hydrogen (secondary N) is 3. The maximum Gasteiger partial charge on any atom is 0.272 e. The summed E-state index contributed by atoms with van der Waals surface area (Å²) in [6, 6.07) is 16.4. The summed E-state index contributed by atoms with van der Waals surface area (Å²) in [5.74, 6) is 0.0706. The average Bonchev–Trinajstić information content (AvgIpc) is 3.26. The molecule has 29 heavy (non-hydrogen) atoms. The molecule has 0 aliphatic heterocycles. The Hall–Kier alpha value is -3.56. The van der Waals surface area contributed by atoms with Gasteiger partial charge in [-0.25, -0.2) is 9.67 Å². The zero-order valence-corrected chi connectivity index (χ0v) is 15.9. The first-order valence-corrected chi connectivity index (χ1v) is 9.06. The van der Waals surface area contributed by atoms with E-state index in [1.54, 1.807) is 36.7 Å². The second-order valence-electron chi connectivity index (χ2n) is 6.12. The monoisotopic (exact) mass is 394 g/mol. The maximum absolute atomic E-state index is 12.7. The van der Waals surface area contributed by atoms with Crippen molar-refractivity contribution in [2.24, 2.45) is 0 Å². The Bertz CT molecular complexity index is 956. The number of amides is 1. The number of amidine groups is 1. The third-order valence-corrected chi connectivity index (χ3v) is 4.15. The molecule has 0 aliphatic rings. The summed E-state index contributed by atoms with van der Waals surface area (Å²) in [7, 11) is 0. The summed E-state index contributed by atoms with van der Waals surface area (Å²) in [5, 5.41) is 23.5. The molecule has 1 atom stereocenters. The maximum atomic E-state index is 12.7. The lowest BCUT2D eigenvalue weighted by Crippen LogP contribution is -2.34. The lowest BCUT2D eigenvalue weighted by Gasteiger charge is -2.16. The summed E-state index contributed by atoms with van der Waals surface area (Å²) in [5.41, 5.74) is 4.02. The van der Waals surface area contributed by atoms with Crippen molar-refractivity contribution in [2.45, 2.75) is 19.7 Å². The van der Waals surface area contributed by atoms with Crippen molar-refractivity contribution in [3.8, 4) is 11.4 Å². The van der Waals surface area contributed by atoms with Crippen molar-refractivity contribution in [1.82, 2.24) is 25.6 Å². The number of aromatic nitrogens is 3. The Balaban J connectivity index is 1.67. The minimum atomic E-state index is -0.934. The van der Waals surface area contributed by atoms with E-state index in [1.165, 1.54) is 11.0 Å². The Labute approximate surface area is 167 Å². The first-order chi connectivity index (χ1) is 14.1. The van der Waals surface area contributed by atoms with Crippen LogP contribution in [0.4, 0.5) is 0 Å². The van der Waals surface area contributed by atoms with Gasteiger partial charge < -0.3 is 10.1 Å². The van der Waals surface area contributed by atoms with Crippen LogP contribution in [0, 0.1) is 5.41 Å². The van der Waals surface area contributed by atoms with E-state index >= 15 is 0 Å². The van der Waals surface area contributed by atoms with E-state index in [0.29, 0.717) is 18.0 Å². The van der Waals surface area contributed by atoms with E-state index in [2.05, 4.69) is 15.4 Å². The summed E-state index contributed by atoms with van der Waals surface area (Å²) >= 11 is 0. The SMILES string of the molecule is CCO[C@@H](C(=O)NCc1ccc(C(=N)NO)cc1)n1cnc(-c2ccccc2)n1. The first-order valence-electron chi connectivity index (χ1n) is 9.06. The van der Waals surface area contributed by atoms with Crippen LogP contribution in [0.3, 0.4) is 0 Å². The molecule has 0 saturated carbocycles. The molecule has 1 aromatic heterocycles. The average molecular weight is 394 g/mol. The van der Waals surface area contributed by atoms with Crippen LogP contribution in [-0.4, -0.2) is 38.3 Å². The van der Waals surface area contributed by atoms with Crippen molar-refractivity contribution in [3.63, 3.8) is 0 Å². The van der Waals surface area contributed by atoms with Gasteiger partial charge in [0.05, 0.1) is 0 Å². The predicted octanol–water partition coefficient (Wildman–Crippen LogP) is 2.10. The first kappa shape index (κ1) is 20.2. The standard InChI is InChI=1S/C20H22N6O3/c1-2-29-20(26-13-23-18(24-26)16-6-4-3-5-7-16)19(27)22-12-14-8-10-15(11-9-14)17(21)25-28/h3-11,13,20,28H,2,12H2,1H3,(H2,21,25)(H,22,27)/t20-/m0/s1. The number of benzene rings is 2. The lowest BCUT2D eigenvalue weighted by atomic mass is 10.1. The molecular weight excluding hydrogens is 372 g/mol. The van der Waals surface area contributed by atoms with Crippen LogP contribution >= 0.6 is 0 Å². The van der Waals surface area contributed by atoms with Gasteiger partial charge in [-0.15, -0.1) is 5.10 Å². The molecule has 2 aromatic carbocycles. The molecule has 1 heterocycles. The highest BCUT2D eigenvalue weighted by Crippen LogP contribution is 2.16. The van der Waals surface area contributed by atoms with Crippen LogP contribution in [0.1, 0.15) is 24.3 Å². The number of ether oxygens (including phenoxy) is 1. The van der Waals surface area contributed by atoms with Crippen LogP contribution in [0.5, 0.6) is 0 Å². The minimum Gasteiger partial charge on any atom is -0.348 e. The number of hydrogen-bond donors (Lipinski definition) is 4. The van der Waals surface area contributed by atoms with Crippen molar-refractivity contribution < 1.29 is 14.7 Å². The Morgan fingerprint density at radius 3 is 2.59 bits per heavy atom. The second kappa shape index (κ2) is 9.58. The van der Waals surface area contributed by atoms with E-state index in [4.69, 9.17) is 15.4 Å². The van der Waals surface area contributed by atoms with Crippen LogP contribution in [0.15, 0.2) is 60.9 Å². The summed E-state index contributed by atoms with van der Waals surface area (Å²) in [6.45, 7) is 2.42. The minimum absolute atomic E-state index is 0.0996. The highest BCUT2D eigenvalue weighted by atomic mass is 16.5. The molecule has 4 N–H and O–H groups in total. The third-order valence-electron chi connectivity index (χ3n) is 4.15. The van der Waals surface area contributed by atoms with E-state index < -0.39 is 6.23 Å². The number of hydrogen-bond acceptors (Lipinski definition) is 6. The Morgan fingerprint density at radius 2 is 1.93 bits per heavy atom. The van der Waals surface area contributed by atoms with Crippen LogP contribution < -0.4 is 10.8 Å². The second-order valence-corrected chi connectivity index (χ2v) is 6.12. The van der Waals surface area contributed by atoms with Gasteiger partial charge in [-0.05, 0) is 12.5 Å². The van der Waals surface area contributed by atoms with Gasteiger partial charge >= 0.3 is 0 Å². The number of nitrogens with zero attached hydrogens (tertiary/aromatic N) is 3. The molecule has 0 unspecified atom stereocenters. The summed E-state index contributed by atoms with van der Waals surface area (Å²) < 4.78 is 6.98. The highest BCUT2D eigenvalue weighted by Gasteiger charge is 2.22. The number of carbonyl (C=O) groups excluding carboxylic acids is 1. The highest BCUT2D eigenvalue weighted by molar-refractivity contribution is 5.95. The summed E-state index contributed by atoms with van der Waals surface area (Å²) in [6.07, 6.45) is 0.542. The van der Waals surface area contributed by atoms with E-state index in [9.17, 15) is 4.79 Å². The molecule has 0 fully saturated rings. The normalized spacial score (nSPS) is 11.7.